The average Bonchev–Trinajstić information content (AvgIpc) is 2.68. The zero-order chi connectivity index (χ0) is 18.4. The van der Waals surface area contributed by atoms with E-state index in [2.05, 4.69) is 28.2 Å². The molecule has 0 amide bonds. The predicted octanol–water partition coefficient (Wildman–Crippen LogP) is 1.67. The number of para-hydroxylation sites is 1. The van der Waals surface area contributed by atoms with Gasteiger partial charge in [0.25, 0.3) is 0 Å². The second-order valence-corrected chi connectivity index (χ2v) is 6.20. The first-order valence-electron chi connectivity index (χ1n) is 8.35. The van der Waals surface area contributed by atoms with E-state index >= 15 is 0 Å². The first kappa shape index (κ1) is 18.5. The Morgan fingerprint density at radius 3 is 2.92 bits per heavy atom. The van der Waals surface area contributed by atoms with Crippen molar-refractivity contribution in [3.8, 4) is 0 Å². The van der Waals surface area contributed by atoms with Crippen LogP contribution in [0.3, 0.4) is 0 Å². The third-order valence-electron chi connectivity index (χ3n) is 4.19. The molecule has 0 radical (unpaired) electrons. The fourth-order valence-corrected chi connectivity index (χ4v) is 2.91. The van der Waals surface area contributed by atoms with Crippen LogP contribution in [0.5, 0.6) is 0 Å². The Kier molecular flexibility index (Phi) is 6.32. The van der Waals surface area contributed by atoms with Gasteiger partial charge in [0, 0.05) is 26.7 Å². The third-order valence-corrected chi connectivity index (χ3v) is 4.49. The largest absolute Gasteiger partial charge is 0.463 e. The lowest BCUT2D eigenvalue weighted by atomic mass is 10.2. The van der Waals surface area contributed by atoms with Gasteiger partial charge >= 0.3 is 0 Å². The maximum absolute atomic E-state index is 12.4. The lowest BCUT2D eigenvalue weighted by molar-refractivity contribution is 0.0386. The zero-order valence-electron chi connectivity index (χ0n) is 14.6. The first-order valence-corrected chi connectivity index (χ1v) is 8.87. The number of thiol groups is 1. The Labute approximate surface area is 157 Å². The lowest BCUT2D eigenvalue weighted by Crippen LogP contribution is -2.41. The Hall–Kier alpha value is -2.29. The molecule has 8 heteroatoms. The number of benzene rings is 1. The Morgan fingerprint density at radius 2 is 2.15 bits per heavy atom. The summed E-state index contributed by atoms with van der Waals surface area (Å²) in [5, 5.41) is 8.18. The minimum Gasteiger partial charge on any atom is -0.463 e. The molecule has 1 N–H and O–H groups in total. The van der Waals surface area contributed by atoms with E-state index in [-0.39, 0.29) is 5.43 Å². The molecule has 138 valence electrons. The summed E-state index contributed by atoms with van der Waals surface area (Å²) in [6.07, 6.45) is 2.87. The van der Waals surface area contributed by atoms with Gasteiger partial charge in [-0.3, -0.25) is 14.7 Å². The molecular weight excluding hydrogens is 352 g/mol. The summed E-state index contributed by atoms with van der Waals surface area (Å²) in [4.78, 5) is 14.7. The van der Waals surface area contributed by atoms with Crippen LogP contribution in [-0.2, 0) is 4.74 Å². The number of likely N-dealkylation sites (N-methyl/N-ethyl adjacent to an activating group) is 1. The van der Waals surface area contributed by atoms with Gasteiger partial charge in [-0.1, -0.05) is 12.1 Å². The molecule has 0 aliphatic carbocycles. The number of hydrazine groups is 1. The molecule has 1 aliphatic heterocycles. The number of fused-ring (bicyclic) bond motifs is 1. The first-order chi connectivity index (χ1) is 12.7. The molecule has 3 rings (SSSR count). The molecular formula is C18H22N4O3S. The van der Waals surface area contributed by atoms with Crippen molar-refractivity contribution >= 4 is 29.8 Å². The van der Waals surface area contributed by atoms with E-state index in [1.54, 1.807) is 22.5 Å². The molecule has 1 saturated heterocycles. The Bertz CT molecular complexity index is 859. The van der Waals surface area contributed by atoms with Crippen LogP contribution in [0.25, 0.3) is 11.0 Å². The van der Waals surface area contributed by atoms with E-state index in [0.717, 1.165) is 38.5 Å². The molecule has 26 heavy (non-hydrogen) atoms. The molecule has 1 aromatic heterocycles. The summed E-state index contributed by atoms with van der Waals surface area (Å²) in [7, 11) is 1.85. The summed E-state index contributed by atoms with van der Waals surface area (Å²) < 4.78 is 10.8. The van der Waals surface area contributed by atoms with Crippen LogP contribution >= 0.6 is 12.6 Å². The minimum absolute atomic E-state index is 0.113. The molecule has 0 saturated carbocycles. The van der Waals surface area contributed by atoms with Gasteiger partial charge < -0.3 is 9.15 Å². The third kappa shape index (κ3) is 4.46. The van der Waals surface area contributed by atoms with Crippen LogP contribution in [0.2, 0.25) is 0 Å². The molecule has 7 nitrogen and oxygen atoms in total. The average molecular weight is 374 g/mol. The Balaban J connectivity index is 1.63. The normalized spacial score (nSPS) is 16.3. The summed E-state index contributed by atoms with van der Waals surface area (Å²) in [5.41, 5.74) is 4.68. The number of rotatable bonds is 6. The van der Waals surface area contributed by atoms with Crippen molar-refractivity contribution in [2.24, 2.45) is 5.10 Å². The second kappa shape index (κ2) is 8.88. The topological polar surface area (TPSA) is 70.3 Å². The van der Waals surface area contributed by atoms with Crippen molar-refractivity contribution in [1.29, 1.82) is 0 Å². The smallest absolute Gasteiger partial charge is 0.201 e. The highest BCUT2D eigenvalue weighted by Crippen LogP contribution is 2.10. The van der Waals surface area contributed by atoms with Crippen molar-refractivity contribution in [2.45, 2.75) is 0 Å². The molecule has 0 spiro atoms. The predicted molar refractivity (Wildman–Crippen MR) is 105 cm³/mol. The maximum atomic E-state index is 12.4. The quantitative estimate of drug-likeness (QED) is 0.455. The fraction of sp³-hybridized carbons (Fsp3) is 0.333. The van der Waals surface area contributed by atoms with Crippen LogP contribution in [0.15, 0.2) is 55.9 Å². The van der Waals surface area contributed by atoms with Crippen molar-refractivity contribution < 1.29 is 9.15 Å². The Morgan fingerprint density at radius 1 is 1.38 bits per heavy atom. The van der Waals surface area contributed by atoms with E-state index in [1.165, 1.54) is 12.5 Å². The number of nitrogens with one attached hydrogen (secondary N) is 1. The van der Waals surface area contributed by atoms with Gasteiger partial charge in [-0.05, 0) is 17.5 Å². The minimum atomic E-state index is -0.113. The van der Waals surface area contributed by atoms with Gasteiger partial charge in [-0.25, -0.2) is 5.53 Å². The van der Waals surface area contributed by atoms with Crippen LogP contribution in [0.1, 0.15) is 5.56 Å². The van der Waals surface area contributed by atoms with Crippen molar-refractivity contribution in [3.63, 3.8) is 0 Å². The highest BCUT2D eigenvalue weighted by molar-refractivity contribution is 7.83. The van der Waals surface area contributed by atoms with Crippen molar-refractivity contribution in [2.75, 3.05) is 39.9 Å². The van der Waals surface area contributed by atoms with Crippen LogP contribution in [0, 0.1) is 0 Å². The maximum Gasteiger partial charge on any atom is 0.201 e. The van der Waals surface area contributed by atoms with Gasteiger partial charge in [-0.2, -0.15) is 5.10 Å². The number of morpholine rings is 1. The van der Waals surface area contributed by atoms with Gasteiger partial charge in [0.15, 0.2) is 0 Å². The summed E-state index contributed by atoms with van der Waals surface area (Å²) in [6, 6.07) is 7.14. The van der Waals surface area contributed by atoms with Crippen LogP contribution in [-0.4, -0.2) is 56.0 Å². The van der Waals surface area contributed by atoms with E-state index in [4.69, 9.17) is 9.15 Å². The zero-order valence-corrected chi connectivity index (χ0v) is 15.5. The molecule has 0 bridgehead atoms. The van der Waals surface area contributed by atoms with Gasteiger partial charge in [0.1, 0.15) is 11.8 Å². The number of nitrogens with zero attached hydrogens (tertiary/aromatic N) is 3. The van der Waals surface area contributed by atoms with Crippen LogP contribution in [0.4, 0.5) is 0 Å². The fourth-order valence-electron chi connectivity index (χ4n) is 2.65. The molecule has 2 aromatic rings. The summed E-state index contributed by atoms with van der Waals surface area (Å²) >= 11 is 4.28. The molecule has 0 unspecified atom stereocenters. The molecule has 2 heterocycles. The second-order valence-electron chi connectivity index (χ2n) is 5.94. The summed E-state index contributed by atoms with van der Waals surface area (Å²) in [6.45, 7) is 4.00. The number of hydrogen-bond donors (Lipinski definition) is 2. The van der Waals surface area contributed by atoms with E-state index in [1.807, 2.05) is 19.2 Å². The van der Waals surface area contributed by atoms with Crippen LogP contribution < -0.4 is 11.0 Å². The molecule has 1 fully saturated rings. The highest BCUT2D eigenvalue weighted by atomic mass is 32.1. The summed E-state index contributed by atoms with van der Waals surface area (Å²) in [5.74, 6) is 0. The standard InChI is InChI=1S/C18H22N4O3S/c1-21(15(13-26)11-22-6-8-24-9-7-22)20-19-10-14-12-25-17-5-3-2-4-16(17)18(14)23/h2-5,10,12-13,20,26H,6-9,11H2,1H3/b15-13-,19-10+. The molecule has 1 aliphatic rings. The van der Waals surface area contributed by atoms with Gasteiger partial charge in [-0.15, -0.1) is 12.6 Å². The van der Waals surface area contributed by atoms with Crippen molar-refractivity contribution in [1.82, 2.24) is 15.4 Å². The molecule has 0 atom stereocenters. The molecule has 1 aromatic carbocycles. The van der Waals surface area contributed by atoms with Gasteiger partial charge in [0.05, 0.1) is 36.1 Å². The lowest BCUT2D eigenvalue weighted by Gasteiger charge is -2.30. The number of hydrogen-bond acceptors (Lipinski definition) is 8. The van der Waals surface area contributed by atoms with E-state index in [9.17, 15) is 4.79 Å². The number of hydrazone groups is 1. The SMILES string of the molecule is CN(N/N=C/c1coc2ccccc2c1=O)/C(=C\S)CN1CCOCC1. The van der Waals surface area contributed by atoms with Crippen molar-refractivity contribution in [3.05, 3.63) is 57.4 Å². The highest BCUT2D eigenvalue weighted by Gasteiger charge is 2.14. The van der Waals surface area contributed by atoms with E-state index in [0.29, 0.717) is 16.5 Å². The number of ether oxygens (including phenoxy) is 1. The monoisotopic (exact) mass is 374 g/mol. The van der Waals surface area contributed by atoms with E-state index < -0.39 is 0 Å². The van der Waals surface area contributed by atoms with Gasteiger partial charge in [0.2, 0.25) is 5.43 Å².